The van der Waals surface area contributed by atoms with Gasteiger partial charge >= 0.3 is 12.0 Å². The van der Waals surface area contributed by atoms with Gasteiger partial charge in [0.1, 0.15) is 0 Å². The number of amides is 2. The molecule has 0 spiro atoms. The van der Waals surface area contributed by atoms with Crippen LogP contribution in [0.25, 0.3) is 0 Å². The fourth-order valence-corrected chi connectivity index (χ4v) is 2.17. The van der Waals surface area contributed by atoms with E-state index >= 15 is 0 Å². The fourth-order valence-electron chi connectivity index (χ4n) is 2.17. The van der Waals surface area contributed by atoms with Gasteiger partial charge in [-0.15, -0.1) is 0 Å². The summed E-state index contributed by atoms with van der Waals surface area (Å²) in [5.41, 5.74) is -0.897. The van der Waals surface area contributed by atoms with Crippen LogP contribution >= 0.6 is 0 Å². The van der Waals surface area contributed by atoms with Gasteiger partial charge in [0.2, 0.25) is 0 Å². The van der Waals surface area contributed by atoms with Crippen LogP contribution in [-0.2, 0) is 4.79 Å². The Labute approximate surface area is 114 Å². The van der Waals surface area contributed by atoms with E-state index in [0.717, 1.165) is 13.1 Å². The van der Waals surface area contributed by atoms with Crippen LogP contribution in [0.1, 0.15) is 27.2 Å². The van der Waals surface area contributed by atoms with Crippen LogP contribution in [0.3, 0.4) is 0 Å². The first-order valence-corrected chi connectivity index (χ1v) is 6.76. The summed E-state index contributed by atoms with van der Waals surface area (Å²) in [4.78, 5) is 27.2. The van der Waals surface area contributed by atoms with Gasteiger partial charge in [-0.3, -0.25) is 4.79 Å². The van der Waals surface area contributed by atoms with E-state index in [1.54, 1.807) is 11.8 Å². The molecular formula is C13H25N3O3. The molecule has 0 aliphatic carbocycles. The fraction of sp³-hybridized carbons (Fsp3) is 0.846. The minimum absolute atomic E-state index is 0.150. The van der Waals surface area contributed by atoms with Crippen molar-refractivity contribution in [3.05, 3.63) is 0 Å². The number of carbonyl (C=O) groups excluding carboxylic acids is 1. The van der Waals surface area contributed by atoms with E-state index in [4.69, 9.17) is 0 Å². The van der Waals surface area contributed by atoms with Crippen molar-refractivity contribution in [2.24, 2.45) is 5.41 Å². The average Bonchev–Trinajstić information content (AvgIpc) is 2.35. The first-order chi connectivity index (χ1) is 8.80. The van der Waals surface area contributed by atoms with Crippen molar-refractivity contribution in [1.29, 1.82) is 0 Å². The summed E-state index contributed by atoms with van der Waals surface area (Å²) in [6.07, 6.45) is 0.487. The van der Waals surface area contributed by atoms with Crippen molar-refractivity contribution in [3.63, 3.8) is 0 Å². The second-order valence-electron chi connectivity index (χ2n) is 5.68. The summed E-state index contributed by atoms with van der Waals surface area (Å²) < 4.78 is 0. The Hall–Kier alpha value is -1.30. The number of urea groups is 1. The molecule has 2 unspecified atom stereocenters. The highest BCUT2D eigenvalue weighted by Gasteiger charge is 2.33. The Morgan fingerprint density at radius 3 is 2.53 bits per heavy atom. The standard InChI is InChI=1S/C13H25N3O3/c1-5-13(3,11(17)18)9-14-12(19)16-7-6-15(4)8-10(16)2/h10H,5-9H2,1-4H3,(H,14,19)(H,17,18). The van der Waals surface area contributed by atoms with Crippen molar-refractivity contribution in [2.45, 2.75) is 33.2 Å². The zero-order valence-electron chi connectivity index (χ0n) is 12.3. The monoisotopic (exact) mass is 271 g/mol. The molecule has 2 amide bonds. The van der Waals surface area contributed by atoms with Crippen molar-refractivity contribution in [1.82, 2.24) is 15.1 Å². The van der Waals surface area contributed by atoms with Gasteiger partial charge in [0.05, 0.1) is 5.41 Å². The lowest BCUT2D eigenvalue weighted by Crippen LogP contribution is -2.56. The van der Waals surface area contributed by atoms with E-state index in [2.05, 4.69) is 10.2 Å². The lowest BCUT2D eigenvalue weighted by atomic mass is 9.88. The van der Waals surface area contributed by atoms with E-state index in [1.807, 2.05) is 20.9 Å². The number of nitrogens with one attached hydrogen (secondary N) is 1. The Morgan fingerprint density at radius 1 is 1.42 bits per heavy atom. The third-order valence-corrected chi connectivity index (χ3v) is 4.02. The summed E-state index contributed by atoms with van der Waals surface area (Å²) in [7, 11) is 2.03. The molecule has 1 heterocycles. The molecule has 0 aromatic carbocycles. The molecule has 1 aliphatic heterocycles. The van der Waals surface area contributed by atoms with Gasteiger partial charge in [-0.05, 0) is 27.3 Å². The van der Waals surface area contributed by atoms with Gasteiger partial charge in [0, 0.05) is 32.2 Å². The second-order valence-corrected chi connectivity index (χ2v) is 5.68. The van der Waals surface area contributed by atoms with E-state index in [9.17, 15) is 14.7 Å². The number of piperazine rings is 1. The van der Waals surface area contributed by atoms with Gasteiger partial charge < -0.3 is 20.2 Å². The summed E-state index contributed by atoms with van der Waals surface area (Å²) in [5.74, 6) is -0.873. The van der Waals surface area contributed by atoms with E-state index in [0.29, 0.717) is 13.0 Å². The Morgan fingerprint density at radius 2 is 2.05 bits per heavy atom. The molecule has 1 fully saturated rings. The molecule has 0 aromatic heterocycles. The highest BCUT2D eigenvalue weighted by molar-refractivity contribution is 5.78. The molecule has 0 aromatic rings. The lowest BCUT2D eigenvalue weighted by molar-refractivity contribution is -0.147. The second kappa shape index (κ2) is 6.23. The summed E-state index contributed by atoms with van der Waals surface area (Å²) in [6, 6.07) is -0.0158. The quantitative estimate of drug-likeness (QED) is 0.794. The highest BCUT2D eigenvalue weighted by atomic mass is 16.4. The van der Waals surface area contributed by atoms with Crippen molar-refractivity contribution >= 4 is 12.0 Å². The van der Waals surface area contributed by atoms with Crippen molar-refractivity contribution in [3.8, 4) is 0 Å². The average molecular weight is 271 g/mol. The highest BCUT2D eigenvalue weighted by Crippen LogP contribution is 2.20. The molecule has 110 valence electrons. The molecule has 1 aliphatic rings. The van der Waals surface area contributed by atoms with Crippen LogP contribution in [0.5, 0.6) is 0 Å². The molecule has 0 saturated carbocycles. The largest absolute Gasteiger partial charge is 0.481 e. The first kappa shape index (κ1) is 15.8. The normalized spacial score (nSPS) is 23.8. The summed E-state index contributed by atoms with van der Waals surface area (Å²) >= 11 is 0. The van der Waals surface area contributed by atoms with Crippen LogP contribution in [0, 0.1) is 5.41 Å². The zero-order chi connectivity index (χ0) is 14.6. The number of carboxylic acids is 1. The maximum absolute atomic E-state index is 12.1. The van der Waals surface area contributed by atoms with Crippen molar-refractivity contribution in [2.75, 3.05) is 33.2 Å². The van der Waals surface area contributed by atoms with Crippen LogP contribution in [0.4, 0.5) is 4.79 Å². The van der Waals surface area contributed by atoms with Crippen molar-refractivity contribution < 1.29 is 14.7 Å². The van der Waals surface area contributed by atoms with E-state index < -0.39 is 11.4 Å². The number of carbonyl (C=O) groups is 2. The SMILES string of the molecule is CCC(C)(CNC(=O)N1CCN(C)CC1C)C(=O)O. The molecule has 19 heavy (non-hydrogen) atoms. The number of likely N-dealkylation sites (N-methyl/N-ethyl adjacent to an activating group) is 1. The van der Waals surface area contributed by atoms with Gasteiger partial charge in [0.25, 0.3) is 0 Å². The lowest BCUT2D eigenvalue weighted by Gasteiger charge is -2.38. The third-order valence-electron chi connectivity index (χ3n) is 4.02. The molecule has 6 heteroatoms. The van der Waals surface area contributed by atoms with Gasteiger partial charge in [0.15, 0.2) is 0 Å². The molecule has 1 rings (SSSR count). The predicted octanol–water partition coefficient (Wildman–Crippen LogP) is 0.833. The Kier molecular flexibility index (Phi) is 5.17. The van der Waals surface area contributed by atoms with Crippen LogP contribution in [0.15, 0.2) is 0 Å². The van der Waals surface area contributed by atoms with E-state index in [-0.39, 0.29) is 18.6 Å². The number of aliphatic carboxylic acids is 1. The van der Waals surface area contributed by atoms with Crippen LogP contribution < -0.4 is 5.32 Å². The van der Waals surface area contributed by atoms with Gasteiger partial charge in [-0.25, -0.2) is 4.79 Å². The number of hydrogen-bond acceptors (Lipinski definition) is 3. The minimum atomic E-state index is -0.897. The zero-order valence-corrected chi connectivity index (χ0v) is 12.3. The number of hydrogen-bond donors (Lipinski definition) is 2. The molecular weight excluding hydrogens is 246 g/mol. The Bertz CT molecular complexity index is 348. The summed E-state index contributed by atoms with van der Waals surface area (Å²) in [5, 5.41) is 11.9. The minimum Gasteiger partial charge on any atom is -0.481 e. The molecule has 1 saturated heterocycles. The number of carboxylic acid groups (broad SMARTS) is 1. The van der Waals surface area contributed by atoms with Crippen LogP contribution in [0.2, 0.25) is 0 Å². The summed E-state index contributed by atoms with van der Waals surface area (Å²) in [6.45, 7) is 8.02. The molecule has 0 radical (unpaired) electrons. The van der Waals surface area contributed by atoms with Gasteiger partial charge in [-0.1, -0.05) is 6.92 Å². The molecule has 2 N–H and O–H groups in total. The van der Waals surface area contributed by atoms with Crippen LogP contribution in [-0.4, -0.2) is 66.2 Å². The van der Waals surface area contributed by atoms with Gasteiger partial charge in [-0.2, -0.15) is 0 Å². The molecule has 0 bridgehead atoms. The Balaban J connectivity index is 2.53. The smallest absolute Gasteiger partial charge is 0.317 e. The molecule has 2 atom stereocenters. The topological polar surface area (TPSA) is 72.9 Å². The number of rotatable bonds is 4. The molecule has 6 nitrogen and oxygen atoms in total. The third kappa shape index (κ3) is 3.83. The van der Waals surface area contributed by atoms with E-state index in [1.165, 1.54) is 0 Å². The predicted molar refractivity (Wildman–Crippen MR) is 73.1 cm³/mol. The first-order valence-electron chi connectivity index (χ1n) is 6.76. The maximum Gasteiger partial charge on any atom is 0.317 e. The maximum atomic E-state index is 12.1. The number of nitrogens with zero attached hydrogens (tertiary/aromatic N) is 2.